The van der Waals surface area contributed by atoms with Crippen LogP contribution in [0.2, 0.25) is 0 Å². The molecule has 0 aliphatic rings. The number of esters is 1. The van der Waals surface area contributed by atoms with Gasteiger partial charge in [-0.05, 0) is 0 Å². The molecule has 12 heavy (non-hydrogen) atoms. The Kier molecular flexibility index (Phi) is 5.32. The lowest BCUT2D eigenvalue weighted by molar-refractivity contribution is -0.137. The predicted molar refractivity (Wildman–Crippen MR) is 43.7 cm³/mol. The zero-order valence-corrected chi connectivity index (χ0v) is 7.37. The summed E-state index contributed by atoms with van der Waals surface area (Å²) in [5, 5.41) is 9.27. The van der Waals surface area contributed by atoms with Gasteiger partial charge in [0.25, 0.3) is 0 Å². The number of rotatable bonds is 5. The average Bonchev–Trinajstić information content (AvgIpc) is 2.11. The molecule has 1 N–H and O–H groups in total. The fourth-order valence-electron chi connectivity index (χ4n) is 0.671. The number of methoxy groups -OCH3 is 2. The van der Waals surface area contributed by atoms with E-state index in [1.807, 2.05) is 0 Å². The van der Waals surface area contributed by atoms with Crippen molar-refractivity contribution < 1.29 is 19.4 Å². The molecular weight excluding hydrogens is 160 g/mol. The first-order chi connectivity index (χ1) is 5.63. The summed E-state index contributed by atoms with van der Waals surface area (Å²) in [6.45, 7) is 3.78. The first-order valence-corrected chi connectivity index (χ1v) is 3.57. The van der Waals surface area contributed by atoms with E-state index in [4.69, 9.17) is 4.74 Å². The molecule has 0 saturated carbocycles. The molecule has 70 valence electrons. The van der Waals surface area contributed by atoms with E-state index in [-0.39, 0.29) is 5.57 Å². The number of hydrogen-bond acceptors (Lipinski definition) is 4. The fraction of sp³-hybridized carbons (Fsp3) is 0.625. The standard InChI is InChI=1S/C8H14O4/c1-6(8(10)12-3)7(9)4-5-11-2/h7,9H,1,4-5H2,2-3H3. The number of ether oxygens (including phenoxy) is 2. The third kappa shape index (κ3) is 3.50. The summed E-state index contributed by atoms with van der Waals surface area (Å²) in [7, 11) is 2.77. The highest BCUT2D eigenvalue weighted by molar-refractivity contribution is 5.88. The molecule has 0 spiro atoms. The van der Waals surface area contributed by atoms with Gasteiger partial charge in [0.05, 0.1) is 18.8 Å². The van der Waals surface area contributed by atoms with Gasteiger partial charge in [-0.3, -0.25) is 0 Å². The van der Waals surface area contributed by atoms with Gasteiger partial charge in [-0.25, -0.2) is 4.79 Å². The highest BCUT2D eigenvalue weighted by Crippen LogP contribution is 2.05. The van der Waals surface area contributed by atoms with Gasteiger partial charge >= 0.3 is 5.97 Å². The van der Waals surface area contributed by atoms with Gasteiger partial charge in [-0.1, -0.05) is 6.58 Å². The van der Waals surface area contributed by atoms with Crippen molar-refractivity contribution in [1.82, 2.24) is 0 Å². The van der Waals surface area contributed by atoms with Crippen molar-refractivity contribution in [2.75, 3.05) is 20.8 Å². The molecule has 0 heterocycles. The lowest BCUT2D eigenvalue weighted by atomic mass is 10.1. The third-order valence-corrected chi connectivity index (χ3v) is 1.45. The highest BCUT2D eigenvalue weighted by atomic mass is 16.5. The lowest BCUT2D eigenvalue weighted by Crippen LogP contribution is -2.19. The second kappa shape index (κ2) is 5.74. The second-order valence-corrected chi connectivity index (χ2v) is 2.31. The van der Waals surface area contributed by atoms with E-state index in [1.165, 1.54) is 14.2 Å². The molecule has 0 aliphatic heterocycles. The first-order valence-electron chi connectivity index (χ1n) is 3.57. The number of hydrogen-bond donors (Lipinski definition) is 1. The molecule has 0 fully saturated rings. The maximum Gasteiger partial charge on any atom is 0.335 e. The Labute approximate surface area is 71.8 Å². The van der Waals surface area contributed by atoms with Crippen molar-refractivity contribution in [1.29, 1.82) is 0 Å². The highest BCUT2D eigenvalue weighted by Gasteiger charge is 2.15. The molecule has 1 unspecified atom stereocenters. The monoisotopic (exact) mass is 174 g/mol. The predicted octanol–water partition coefficient (Wildman–Crippen LogP) is 0.113. The van der Waals surface area contributed by atoms with Gasteiger partial charge in [-0.15, -0.1) is 0 Å². The molecule has 0 aromatic rings. The Morgan fingerprint density at radius 3 is 2.58 bits per heavy atom. The van der Waals surface area contributed by atoms with Gasteiger partial charge in [-0.2, -0.15) is 0 Å². The zero-order valence-electron chi connectivity index (χ0n) is 7.37. The van der Waals surface area contributed by atoms with Crippen LogP contribution in [0.5, 0.6) is 0 Å². The smallest absolute Gasteiger partial charge is 0.335 e. The van der Waals surface area contributed by atoms with Crippen LogP contribution in [-0.2, 0) is 14.3 Å². The molecule has 0 aliphatic carbocycles. The van der Waals surface area contributed by atoms with Crippen LogP contribution in [-0.4, -0.2) is 38.0 Å². The van der Waals surface area contributed by atoms with Crippen molar-refractivity contribution in [3.63, 3.8) is 0 Å². The van der Waals surface area contributed by atoms with E-state index in [0.29, 0.717) is 13.0 Å². The Balaban J connectivity index is 3.84. The summed E-state index contributed by atoms with van der Waals surface area (Å²) >= 11 is 0. The van der Waals surface area contributed by atoms with Gasteiger partial charge in [0.2, 0.25) is 0 Å². The summed E-state index contributed by atoms with van der Waals surface area (Å²) in [6, 6.07) is 0. The maximum atomic E-state index is 10.8. The van der Waals surface area contributed by atoms with Crippen LogP contribution in [0.1, 0.15) is 6.42 Å². The van der Waals surface area contributed by atoms with Gasteiger partial charge in [0.15, 0.2) is 0 Å². The molecule has 0 aromatic heterocycles. The minimum Gasteiger partial charge on any atom is -0.466 e. The van der Waals surface area contributed by atoms with Crippen molar-refractivity contribution in [2.45, 2.75) is 12.5 Å². The van der Waals surface area contributed by atoms with Crippen LogP contribution in [0.4, 0.5) is 0 Å². The minimum atomic E-state index is -0.877. The maximum absolute atomic E-state index is 10.8. The van der Waals surface area contributed by atoms with E-state index in [1.54, 1.807) is 0 Å². The van der Waals surface area contributed by atoms with Crippen LogP contribution in [0, 0.1) is 0 Å². The Bertz CT molecular complexity index is 164. The molecular formula is C8H14O4. The molecule has 0 amide bonds. The normalized spacial score (nSPS) is 12.2. The lowest BCUT2D eigenvalue weighted by Gasteiger charge is -2.10. The molecule has 0 aromatic carbocycles. The summed E-state index contributed by atoms with van der Waals surface area (Å²) in [5.74, 6) is -0.585. The Morgan fingerprint density at radius 1 is 1.58 bits per heavy atom. The molecule has 4 nitrogen and oxygen atoms in total. The fourth-order valence-corrected chi connectivity index (χ4v) is 0.671. The Hall–Kier alpha value is -0.870. The molecule has 4 heteroatoms. The minimum absolute atomic E-state index is 0.0644. The Morgan fingerprint density at radius 2 is 2.17 bits per heavy atom. The summed E-state index contributed by atoms with van der Waals surface area (Å²) in [6.07, 6.45) is -0.526. The largest absolute Gasteiger partial charge is 0.466 e. The topological polar surface area (TPSA) is 55.8 Å². The average molecular weight is 174 g/mol. The van der Waals surface area contributed by atoms with Crippen molar-refractivity contribution >= 4 is 5.97 Å². The van der Waals surface area contributed by atoms with E-state index >= 15 is 0 Å². The van der Waals surface area contributed by atoms with Crippen LogP contribution >= 0.6 is 0 Å². The van der Waals surface area contributed by atoms with Crippen LogP contribution < -0.4 is 0 Å². The zero-order chi connectivity index (χ0) is 9.56. The van der Waals surface area contributed by atoms with Crippen LogP contribution in [0.15, 0.2) is 12.2 Å². The van der Waals surface area contributed by atoms with Crippen molar-refractivity contribution in [2.24, 2.45) is 0 Å². The first kappa shape index (κ1) is 11.1. The number of carbonyl (C=O) groups is 1. The van der Waals surface area contributed by atoms with Crippen LogP contribution in [0.25, 0.3) is 0 Å². The van der Waals surface area contributed by atoms with Crippen LogP contribution in [0.3, 0.4) is 0 Å². The third-order valence-electron chi connectivity index (χ3n) is 1.45. The molecule has 0 radical (unpaired) electrons. The number of aliphatic hydroxyl groups excluding tert-OH is 1. The van der Waals surface area contributed by atoms with E-state index < -0.39 is 12.1 Å². The van der Waals surface area contributed by atoms with Gasteiger partial charge < -0.3 is 14.6 Å². The molecule has 0 bridgehead atoms. The van der Waals surface area contributed by atoms with Crippen molar-refractivity contribution in [3.05, 3.63) is 12.2 Å². The summed E-state index contributed by atoms with van der Waals surface area (Å²) < 4.78 is 9.10. The number of carbonyl (C=O) groups excluding carboxylic acids is 1. The van der Waals surface area contributed by atoms with Crippen molar-refractivity contribution in [3.8, 4) is 0 Å². The quantitative estimate of drug-likeness (QED) is 0.475. The molecule has 1 atom stereocenters. The van der Waals surface area contributed by atoms with E-state index in [0.717, 1.165) is 0 Å². The summed E-state index contributed by atoms with van der Waals surface area (Å²) in [5.41, 5.74) is 0.0644. The molecule has 0 saturated heterocycles. The second-order valence-electron chi connectivity index (χ2n) is 2.31. The summed E-state index contributed by atoms with van der Waals surface area (Å²) in [4.78, 5) is 10.8. The van der Waals surface area contributed by atoms with E-state index in [9.17, 15) is 9.90 Å². The van der Waals surface area contributed by atoms with Gasteiger partial charge in [0, 0.05) is 20.1 Å². The SMILES string of the molecule is C=C(C(=O)OC)C(O)CCOC. The van der Waals surface area contributed by atoms with E-state index in [2.05, 4.69) is 11.3 Å². The molecule has 0 rings (SSSR count). The number of aliphatic hydroxyl groups is 1. The van der Waals surface area contributed by atoms with Gasteiger partial charge in [0.1, 0.15) is 0 Å².